The van der Waals surface area contributed by atoms with Crippen molar-refractivity contribution in [3.05, 3.63) is 47.7 Å². The van der Waals surface area contributed by atoms with Gasteiger partial charge >= 0.3 is 5.97 Å². The Morgan fingerprint density at radius 1 is 1.16 bits per heavy atom. The largest absolute Gasteiger partial charge is 0.476 e. The van der Waals surface area contributed by atoms with E-state index in [-0.39, 0.29) is 5.82 Å². The lowest BCUT2D eigenvalue weighted by Gasteiger charge is -2.08. The van der Waals surface area contributed by atoms with Gasteiger partial charge in [-0.2, -0.15) is 0 Å². The highest BCUT2D eigenvalue weighted by Gasteiger charge is 2.13. The lowest BCUT2D eigenvalue weighted by Crippen LogP contribution is -2.06. The molecule has 0 saturated heterocycles. The summed E-state index contributed by atoms with van der Waals surface area (Å²) in [5.41, 5.74) is -1.04. The van der Waals surface area contributed by atoms with Crippen LogP contribution in [0.1, 0.15) is 10.5 Å². The average molecular weight is 269 g/mol. The highest BCUT2D eigenvalue weighted by molar-refractivity contribution is 5.85. The van der Waals surface area contributed by atoms with E-state index >= 15 is 0 Å². The molecule has 2 rings (SSSR count). The van der Waals surface area contributed by atoms with Crippen LogP contribution in [0.2, 0.25) is 0 Å². The Hall–Kier alpha value is -2.64. The SMILES string of the molecule is O=C(O)c1cncc(Nc2c(F)cc(F)cc2F)n1. The first kappa shape index (κ1) is 12.8. The fourth-order valence-electron chi connectivity index (χ4n) is 1.32. The van der Waals surface area contributed by atoms with Crippen LogP contribution in [0.5, 0.6) is 0 Å². The molecule has 1 heterocycles. The number of aromatic carboxylic acids is 1. The standard InChI is InChI=1S/C11H6F3N3O2/c12-5-1-6(13)10(7(14)2-5)17-9-4-15-3-8(16-9)11(18)19/h1-4H,(H,16,17)(H,18,19). The molecule has 19 heavy (non-hydrogen) atoms. The summed E-state index contributed by atoms with van der Waals surface area (Å²) in [6, 6.07) is 0.972. The number of carboxylic acids is 1. The number of carbonyl (C=O) groups is 1. The van der Waals surface area contributed by atoms with Gasteiger partial charge in [0.25, 0.3) is 0 Å². The van der Waals surface area contributed by atoms with Gasteiger partial charge in [-0.1, -0.05) is 0 Å². The average Bonchev–Trinajstić information content (AvgIpc) is 2.34. The zero-order chi connectivity index (χ0) is 14.0. The molecular formula is C11H6F3N3O2. The molecule has 0 spiro atoms. The van der Waals surface area contributed by atoms with Crippen molar-refractivity contribution >= 4 is 17.5 Å². The molecule has 0 amide bonds. The molecule has 1 aromatic carbocycles. The van der Waals surface area contributed by atoms with Gasteiger partial charge in [0.05, 0.1) is 12.4 Å². The Bertz CT molecular complexity index is 626. The highest BCUT2D eigenvalue weighted by Crippen LogP contribution is 2.23. The van der Waals surface area contributed by atoms with E-state index in [1.807, 2.05) is 0 Å². The number of halogens is 3. The number of nitrogens with one attached hydrogen (secondary N) is 1. The first-order chi connectivity index (χ1) is 8.97. The van der Waals surface area contributed by atoms with Gasteiger partial charge in [0, 0.05) is 12.1 Å². The molecule has 0 unspecified atom stereocenters. The van der Waals surface area contributed by atoms with E-state index in [4.69, 9.17) is 5.11 Å². The van der Waals surface area contributed by atoms with Crippen molar-refractivity contribution in [3.8, 4) is 0 Å². The topological polar surface area (TPSA) is 75.1 Å². The van der Waals surface area contributed by atoms with Crippen molar-refractivity contribution in [2.24, 2.45) is 0 Å². The van der Waals surface area contributed by atoms with Gasteiger partial charge in [0.15, 0.2) is 17.3 Å². The van der Waals surface area contributed by atoms with E-state index in [0.717, 1.165) is 12.4 Å². The number of aromatic nitrogens is 2. The van der Waals surface area contributed by atoms with Gasteiger partial charge in [0.2, 0.25) is 0 Å². The Labute approximate surface area is 104 Å². The van der Waals surface area contributed by atoms with E-state index in [1.165, 1.54) is 0 Å². The molecule has 8 heteroatoms. The highest BCUT2D eigenvalue weighted by atomic mass is 19.1. The zero-order valence-corrected chi connectivity index (χ0v) is 9.19. The summed E-state index contributed by atoms with van der Waals surface area (Å²) >= 11 is 0. The van der Waals surface area contributed by atoms with Crippen molar-refractivity contribution in [2.75, 3.05) is 5.32 Å². The number of hydrogen-bond donors (Lipinski definition) is 2. The minimum Gasteiger partial charge on any atom is -0.476 e. The molecular weight excluding hydrogens is 263 g/mol. The van der Waals surface area contributed by atoms with Gasteiger partial charge in [-0.05, 0) is 0 Å². The molecule has 2 N–H and O–H groups in total. The quantitative estimate of drug-likeness (QED) is 0.894. The van der Waals surface area contributed by atoms with E-state index in [9.17, 15) is 18.0 Å². The van der Waals surface area contributed by atoms with Crippen LogP contribution in [0.25, 0.3) is 0 Å². The molecule has 0 fully saturated rings. The number of benzene rings is 1. The maximum atomic E-state index is 13.3. The van der Waals surface area contributed by atoms with Gasteiger partial charge in [-0.25, -0.2) is 22.9 Å². The van der Waals surface area contributed by atoms with E-state index in [1.54, 1.807) is 0 Å². The first-order valence-corrected chi connectivity index (χ1v) is 4.94. The fourth-order valence-corrected chi connectivity index (χ4v) is 1.32. The van der Waals surface area contributed by atoms with Crippen LogP contribution in [0.4, 0.5) is 24.7 Å². The Morgan fingerprint density at radius 2 is 1.79 bits per heavy atom. The number of carboxylic acid groups (broad SMARTS) is 1. The summed E-state index contributed by atoms with van der Waals surface area (Å²) in [6.07, 6.45) is 2.06. The van der Waals surface area contributed by atoms with Crippen molar-refractivity contribution in [1.82, 2.24) is 9.97 Å². The van der Waals surface area contributed by atoms with Crippen LogP contribution < -0.4 is 5.32 Å². The van der Waals surface area contributed by atoms with Gasteiger partial charge in [-0.15, -0.1) is 0 Å². The second kappa shape index (κ2) is 4.92. The Morgan fingerprint density at radius 3 is 2.37 bits per heavy atom. The zero-order valence-electron chi connectivity index (χ0n) is 9.19. The van der Waals surface area contributed by atoms with Crippen LogP contribution in [-0.4, -0.2) is 21.0 Å². The van der Waals surface area contributed by atoms with Crippen molar-refractivity contribution < 1.29 is 23.1 Å². The molecule has 98 valence electrons. The molecule has 0 aliphatic rings. The van der Waals surface area contributed by atoms with Crippen LogP contribution in [0, 0.1) is 17.5 Å². The lowest BCUT2D eigenvalue weighted by molar-refractivity contribution is 0.0690. The number of anilines is 2. The van der Waals surface area contributed by atoms with Crippen molar-refractivity contribution in [2.45, 2.75) is 0 Å². The molecule has 0 aliphatic carbocycles. The normalized spacial score (nSPS) is 10.3. The molecule has 0 radical (unpaired) electrons. The summed E-state index contributed by atoms with van der Waals surface area (Å²) < 4.78 is 39.4. The second-order valence-corrected chi connectivity index (χ2v) is 3.46. The first-order valence-electron chi connectivity index (χ1n) is 4.94. The Kier molecular flexibility index (Phi) is 3.32. The third-order valence-corrected chi connectivity index (χ3v) is 2.11. The molecule has 0 saturated carbocycles. The third kappa shape index (κ3) is 2.79. The molecule has 0 bridgehead atoms. The molecule has 5 nitrogen and oxygen atoms in total. The van der Waals surface area contributed by atoms with Crippen molar-refractivity contribution in [3.63, 3.8) is 0 Å². The number of hydrogen-bond acceptors (Lipinski definition) is 4. The van der Waals surface area contributed by atoms with E-state index in [2.05, 4.69) is 15.3 Å². The van der Waals surface area contributed by atoms with Crippen LogP contribution in [0.3, 0.4) is 0 Å². The van der Waals surface area contributed by atoms with Crippen molar-refractivity contribution in [1.29, 1.82) is 0 Å². The maximum absolute atomic E-state index is 13.3. The number of nitrogens with zero attached hydrogens (tertiary/aromatic N) is 2. The summed E-state index contributed by atoms with van der Waals surface area (Å²) in [6.45, 7) is 0. The predicted octanol–water partition coefficient (Wildman–Crippen LogP) is 2.34. The predicted molar refractivity (Wildman–Crippen MR) is 58.6 cm³/mol. The minimum absolute atomic E-state index is 0.177. The van der Waals surface area contributed by atoms with Gasteiger partial charge < -0.3 is 10.4 Å². The monoisotopic (exact) mass is 269 g/mol. The molecule has 0 atom stereocenters. The maximum Gasteiger partial charge on any atom is 0.356 e. The minimum atomic E-state index is -1.34. The summed E-state index contributed by atoms with van der Waals surface area (Å²) in [7, 11) is 0. The third-order valence-electron chi connectivity index (χ3n) is 2.11. The number of rotatable bonds is 3. The van der Waals surface area contributed by atoms with Crippen LogP contribution in [-0.2, 0) is 0 Å². The molecule has 2 aromatic rings. The summed E-state index contributed by atoms with van der Waals surface area (Å²) in [5, 5.41) is 10.9. The lowest BCUT2D eigenvalue weighted by atomic mass is 10.3. The van der Waals surface area contributed by atoms with Crippen LogP contribution >= 0.6 is 0 Å². The molecule has 1 aromatic heterocycles. The fraction of sp³-hybridized carbons (Fsp3) is 0. The summed E-state index contributed by atoms with van der Waals surface area (Å²) in [5.74, 6) is -4.91. The van der Waals surface area contributed by atoms with E-state index in [0.29, 0.717) is 12.1 Å². The Balaban J connectivity index is 2.36. The van der Waals surface area contributed by atoms with E-state index < -0.39 is 34.8 Å². The van der Waals surface area contributed by atoms with Gasteiger partial charge in [0.1, 0.15) is 17.3 Å². The van der Waals surface area contributed by atoms with Crippen LogP contribution in [0.15, 0.2) is 24.5 Å². The molecule has 0 aliphatic heterocycles. The van der Waals surface area contributed by atoms with Gasteiger partial charge in [-0.3, -0.25) is 4.98 Å². The summed E-state index contributed by atoms with van der Waals surface area (Å²) in [4.78, 5) is 17.8. The smallest absolute Gasteiger partial charge is 0.356 e. The second-order valence-electron chi connectivity index (χ2n) is 3.46.